The SMILES string of the molecule is O=C(OC1CCN(c2ccc(Cl)nn2)CC1)[C@@H]1C[C@H]1[N+](=O)[O-]. The van der Waals surface area contributed by atoms with Crippen LogP contribution in [0.25, 0.3) is 0 Å². The second kappa shape index (κ2) is 6.04. The van der Waals surface area contributed by atoms with E-state index in [1.807, 2.05) is 4.90 Å². The summed E-state index contributed by atoms with van der Waals surface area (Å²) in [6.07, 6.45) is 1.46. The molecule has 1 aromatic heterocycles. The maximum Gasteiger partial charge on any atom is 0.316 e. The Morgan fingerprint density at radius 3 is 2.64 bits per heavy atom. The Bertz CT molecular complexity index is 574. The van der Waals surface area contributed by atoms with Crippen LogP contribution in [0.5, 0.6) is 0 Å². The summed E-state index contributed by atoms with van der Waals surface area (Å²) in [6, 6.07) is 2.73. The minimum atomic E-state index is -0.753. The van der Waals surface area contributed by atoms with Crippen LogP contribution in [0.15, 0.2) is 12.1 Å². The van der Waals surface area contributed by atoms with E-state index in [2.05, 4.69) is 10.2 Å². The van der Waals surface area contributed by atoms with Crippen LogP contribution in [0, 0.1) is 16.0 Å². The molecule has 0 spiro atoms. The number of aromatic nitrogens is 2. The summed E-state index contributed by atoms with van der Waals surface area (Å²) in [6.45, 7) is 1.38. The Balaban J connectivity index is 1.47. The van der Waals surface area contributed by atoms with Gasteiger partial charge in [0.25, 0.3) is 0 Å². The fourth-order valence-corrected chi connectivity index (χ4v) is 2.70. The van der Waals surface area contributed by atoms with Crippen LogP contribution < -0.4 is 4.90 Å². The number of nitro groups is 1. The summed E-state index contributed by atoms with van der Waals surface area (Å²) in [4.78, 5) is 24.0. The highest BCUT2D eigenvalue weighted by Gasteiger charge is 2.55. The lowest BCUT2D eigenvalue weighted by Crippen LogP contribution is -2.38. The number of ether oxygens (including phenoxy) is 1. The van der Waals surface area contributed by atoms with Crippen LogP contribution >= 0.6 is 11.6 Å². The molecule has 22 heavy (non-hydrogen) atoms. The molecule has 9 heteroatoms. The molecule has 2 heterocycles. The highest BCUT2D eigenvalue weighted by atomic mass is 35.5. The van der Waals surface area contributed by atoms with E-state index < -0.39 is 22.9 Å². The molecule has 0 unspecified atom stereocenters. The third-order valence-corrected chi connectivity index (χ3v) is 4.20. The van der Waals surface area contributed by atoms with Crippen molar-refractivity contribution in [1.29, 1.82) is 0 Å². The molecule has 0 amide bonds. The van der Waals surface area contributed by atoms with Gasteiger partial charge < -0.3 is 9.64 Å². The van der Waals surface area contributed by atoms with Gasteiger partial charge in [-0.3, -0.25) is 14.9 Å². The average molecular weight is 327 g/mol. The zero-order valence-electron chi connectivity index (χ0n) is 11.7. The van der Waals surface area contributed by atoms with E-state index in [9.17, 15) is 14.9 Å². The normalized spacial score (nSPS) is 24.9. The predicted octanol–water partition coefficient (Wildman–Crippen LogP) is 1.31. The molecule has 118 valence electrons. The minimum Gasteiger partial charge on any atom is -0.462 e. The first-order valence-corrected chi connectivity index (χ1v) is 7.50. The molecular formula is C13H15ClN4O4. The Hall–Kier alpha value is -1.96. The Morgan fingerprint density at radius 2 is 2.09 bits per heavy atom. The van der Waals surface area contributed by atoms with Gasteiger partial charge in [-0.1, -0.05) is 11.6 Å². The smallest absolute Gasteiger partial charge is 0.316 e. The molecule has 1 aliphatic carbocycles. The van der Waals surface area contributed by atoms with Gasteiger partial charge in [0, 0.05) is 37.3 Å². The number of hydrogen-bond donors (Lipinski definition) is 0. The molecule has 0 radical (unpaired) electrons. The van der Waals surface area contributed by atoms with E-state index in [1.54, 1.807) is 12.1 Å². The molecule has 3 rings (SSSR count). The van der Waals surface area contributed by atoms with E-state index in [0.717, 1.165) is 5.82 Å². The summed E-state index contributed by atoms with van der Waals surface area (Å²) in [7, 11) is 0. The van der Waals surface area contributed by atoms with Gasteiger partial charge in [0.2, 0.25) is 6.04 Å². The largest absolute Gasteiger partial charge is 0.462 e. The van der Waals surface area contributed by atoms with Crippen LogP contribution in [0.2, 0.25) is 5.15 Å². The maximum atomic E-state index is 11.8. The number of carbonyl (C=O) groups is 1. The first-order chi connectivity index (χ1) is 10.5. The van der Waals surface area contributed by atoms with E-state index in [4.69, 9.17) is 16.3 Å². The topological polar surface area (TPSA) is 98.5 Å². The van der Waals surface area contributed by atoms with E-state index in [1.165, 1.54) is 0 Å². The summed E-state index contributed by atoms with van der Waals surface area (Å²) < 4.78 is 5.37. The van der Waals surface area contributed by atoms with E-state index >= 15 is 0 Å². The van der Waals surface area contributed by atoms with Crippen molar-refractivity contribution < 1.29 is 14.5 Å². The van der Waals surface area contributed by atoms with Crippen molar-refractivity contribution in [3.63, 3.8) is 0 Å². The third-order valence-electron chi connectivity index (χ3n) is 4.00. The number of anilines is 1. The number of rotatable bonds is 4. The quantitative estimate of drug-likeness (QED) is 0.467. The Labute approximate surface area is 131 Å². The van der Waals surface area contributed by atoms with Gasteiger partial charge in [-0.15, -0.1) is 10.2 Å². The van der Waals surface area contributed by atoms with Gasteiger partial charge in [0.05, 0.1) is 0 Å². The maximum absolute atomic E-state index is 11.8. The van der Waals surface area contributed by atoms with Crippen molar-refractivity contribution in [1.82, 2.24) is 10.2 Å². The first kappa shape index (κ1) is 15.0. The number of halogens is 1. The monoisotopic (exact) mass is 326 g/mol. The highest BCUT2D eigenvalue weighted by Crippen LogP contribution is 2.35. The highest BCUT2D eigenvalue weighted by molar-refractivity contribution is 6.29. The number of nitrogens with zero attached hydrogens (tertiary/aromatic N) is 4. The second-order valence-corrected chi connectivity index (χ2v) is 5.92. The van der Waals surface area contributed by atoms with Crippen LogP contribution in [-0.2, 0) is 9.53 Å². The molecule has 2 aliphatic rings. The van der Waals surface area contributed by atoms with E-state index in [0.29, 0.717) is 37.5 Å². The van der Waals surface area contributed by atoms with Crippen LogP contribution in [-0.4, -0.2) is 46.3 Å². The number of esters is 1. The molecule has 1 saturated carbocycles. The molecule has 2 atom stereocenters. The molecule has 8 nitrogen and oxygen atoms in total. The van der Waals surface area contributed by atoms with Crippen molar-refractivity contribution in [3.8, 4) is 0 Å². The zero-order chi connectivity index (χ0) is 15.7. The molecule has 2 fully saturated rings. The molecule has 1 aliphatic heterocycles. The minimum absolute atomic E-state index is 0.183. The molecule has 0 N–H and O–H groups in total. The van der Waals surface area contributed by atoms with Crippen molar-refractivity contribution in [2.45, 2.75) is 31.4 Å². The van der Waals surface area contributed by atoms with Crippen LogP contribution in [0.3, 0.4) is 0 Å². The molecule has 0 bridgehead atoms. The zero-order valence-corrected chi connectivity index (χ0v) is 12.5. The van der Waals surface area contributed by atoms with Gasteiger partial charge in [0.1, 0.15) is 12.0 Å². The third kappa shape index (κ3) is 3.27. The molecule has 1 aromatic rings. The first-order valence-electron chi connectivity index (χ1n) is 7.13. The Kier molecular flexibility index (Phi) is 4.10. The van der Waals surface area contributed by atoms with Gasteiger partial charge in [-0.05, 0) is 12.1 Å². The number of carbonyl (C=O) groups excluding carboxylic acids is 1. The summed E-state index contributed by atoms with van der Waals surface area (Å²) in [5.41, 5.74) is 0. The molecular weight excluding hydrogens is 312 g/mol. The van der Waals surface area contributed by atoms with Gasteiger partial charge in [-0.25, -0.2) is 0 Å². The fraction of sp³-hybridized carbons (Fsp3) is 0.615. The Morgan fingerprint density at radius 1 is 1.36 bits per heavy atom. The average Bonchev–Trinajstić information content (AvgIpc) is 3.30. The van der Waals surface area contributed by atoms with Crippen molar-refractivity contribution in [3.05, 3.63) is 27.4 Å². The van der Waals surface area contributed by atoms with Crippen LogP contribution in [0.4, 0.5) is 5.82 Å². The number of hydrogen-bond acceptors (Lipinski definition) is 7. The van der Waals surface area contributed by atoms with Crippen molar-refractivity contribution in [2.75, 3.05) is 18.0 Å². The summed E-state index contributed by atoms with van der Waals surface area (Å²) in [5, 5.41) is 18.7. The predicted molar refractivity (Wildman–Crippen MR) is 77.3 cm³/mol. The standard InChI is InChI=1S/C13H15ClN4O4/c14-11-1-2-12(16-15-11)17-5-3-8(4-6-17)22-13(19)9-7-10(9)18(20)21/h1-2,8-10H,3-7H2/t9-,10-/m1/s1. The second-order valence-electron chi connectivity index (χ2n) is 5.53. The molecule has 1 saturated heterocycles. The lowest BCUT2D eigenvalue weighted by molar-refractivity contribution is -0.497. The fourth-order valence-electron chi connectivity index (χ4n) is 2.60. The van der Waals surface area contributed by atoms with Crippen molar-refractivity contribution in [2.24, 2.45) is 5.92 Å². The van der Waals surface area contributed by atoms with Crippen LogP contribution in [0.1, 0.15) is 19.3 Å². The summed E-state index contributed by atoms with van der Waals surface area (Å²) in [5.74, 6) is -0.258. The lowest BCUT2D eigenvalue weighted by Gasteiger charge is -2.32. The number of piperidine rings is 1. The lowest BCUT2D eigenvalue weighted by atomic mass is 10.1. The van der Waals surface area contributed by atoms with Crippen molar-refractivity contribution >= 4 is 23.4 Å². The van der Waals surface area contributed by atoms with E-state index in [-0.39, 0.29) is 6.10 Å². The summed E-state index contributed by atoms with van der Waals surface area (Å²) >= 11 is 5.70. The van der Waals surface area contributed by atoms with Gasteiger partial charge in [-0.2, -0.15) is 0 Å². The van der Waals surface area contributed by atoms with Gasteiger partial charge in [0.15, 0.2) is 11.0 Å². The van der Waals surface area contributed by atoms with Gasteiger partial charge >= 0.3 is 5.97 Å². The molecule has 0 aromatic carbocycles.